The second-order valence-corrected chi connectivity index (χ2v) is 4.04. The fraction of sp³-hybridized carbons (Fsp3) is 0.417. The molecule has 0 saturated heterocycles. The zero-order chi connectivity index (χ0) is 11.5. The molecule has 1 aromatic rings. The first kappa shape index (κ1) is 11.0. The van der Waals surface area contributed by atoms with Crippen molar-refractivity contribution in [3.05, 3.63) is 29.3 Å². The fourth-order valence-corrected chi connectivity index (χ4v) is 2.07. The third-order valence-electron chi connectivity index (χ3n) is 2.87. The van der Waals surface area contributed by atoms with E-state index in [2.05, 4.69) is 22.4 Å². The number of hydrogen-bond donors (Lipinski definition) is 3. The van der Waals surface area contributed by atoms with Gasteiger partial charge in [-0.15, -0.1) is 0 Å². The lowest BCUT2D eigenvalue weighted by atomic mass is 10.1. The molecule has 4 nitrogen and oxygen atoms in total. The molecule has 0 radical (unpaired) electrons. The molecule has 0 saturated carbocycles. The fourth-order valence-electron chi connectivity index (χ4n) is 2.07. The third kappa shape index (κ3) is 2.17. The molecule has 0 aromatic heterocycles. The van der Waals surface area contributed by atoms with E-state index in [1.807, 2.05) is 13.0 Å². The predicted molar refractivity (Wildman–Crippen MR) is 67.5 cm³/mol. The number of hydrogen-bond acceptors (Lipinski definition) is 2. The number of anilines is 1. The number of nitrogens with one attached hydrogen (secondary N) is 1. The molecule has 1 aromatic carbocycles. The smallest absolute Gasteiger partial charge is 0.193 e. The number of nitrogens with zero attached hydrogens (tertiary/aromatic N) is 1. The maximum atomic E-state index is 6.02. The highest BCUT2D eigenvalue weighted by atomic mass is 15.1. The maximum Gasteiger partial charge on any atom is 0.193 e. The van der Waals surface area contributed by atoms with Crippen molar-refractivity contribution in [2.75, 3.05) is 11.9 Å². The summed E-state index contributed by atoms with van der Waals surface area (Å²) in [6, 6.07) is 6.38. The van der Waals surface area contributed by atoms with Crippen molar-refractivity contribution in [2.24, 2.45) is 16.5 Å². The van der Waals surface area contributed by atoms with Crippen molar-refractivity contribution >= 4 is 11.6 Å². The van der Waals surface area contributed by atoms with Gasteiger partial charge in [0.2, 0.25) is 0 Å². The van der Waals surface area contributed by atoms with Gasteiger partial charge in [0.05, 0.1) is 0 Å². The van der Waals surface area contributed by atoms with E-state index in [9.17, 15) is 0 Å². The van der Waals surface area contributed by atoms with Crippen LogP contribution in [-0.2, 0) is 6.42 Å². The second kappa shape index (κ2) is 4.53. The molecule has 1 aliphatic rings. The van der Waals surface area contributed by atoms with Crippen LogP contribution in [-0.4, -0.2) is 12.5 Å². The molecule has 0 fully saturated rings. The van der Waals surface area contributed by atoms with Gasteiger partial charge in [0.1, 0.15) is 0 Å². The number of rotatable bonds is 2. The second-order valence-electron chi connectivity index (χ2n) is 4.04. The molecule has 2 rings (SSSR count). The molecule has 4 heteroatoms. The van der Waals surface area contributed by atoms with E-state index in [4.69, 9.17) is 11.5 Å². The van der Waals surface area contributed by atoms with Gasteiger partial charge in [-0.3, -0.25) is 4.99 Å². The average Bonchev–Trinajstić information content (AvgIpc) is 2.61. The molecule has 86 valence electrons. The lowest BCUT2D eigenvalue weighted by Gasteiger charge is -2.09. The van der Waals surface area contributed by atoms with Gasteiger partial charge in [0.15, 0.2) is 5.96 Å². The molecule has 16 heavy (non-hydrogen) atoms. The third-order valence-corrected chi connectivity index (χ3v) is 2.87. The molecular weight excluding hydrogens is 200 g/mol. The Balaban J connectivity index is 2.18. The maximum absolute atomic E-state index is 6.02. The SMILES string of the molecule is CCN=C(N)Nc1ccc2c(c1)C(N)CC2. The number of fused-ring (bicyclic) bond motifs is 1. The van der Waals surface area contributed by atoms with E-state index in [0.717, 1.165) is 18.5 Å². The van der Waals surface area contributed by atoms with E-state index >= 15 is 0 Å². The summed E-state index contributed by atoms with van der Waals surface area (Å²) >= 11 is 0. The Morgan fingerprint density at radius 1 is 1.56 bits per heavy atom. The Morgan fingerprint density at radius 2 is 2.38 bits per heavy atom. The molecule has 1 unspecified atom stereocenters. The number of aliphatic imine (C=N–C) groups is 1. The van der Waals surface area contributed by atoms with Crippen LogP contribution in [0.5, 0.6) is 0 Å². The standard InChI is InChI=1S/C12H18N4/c1-2-15-12(14)16-9-5-3-8-4-6-11(13)10(8)7-9/h3,5,7,11H,2,4,6,13H2,1H3,(H3,14,15,16). The lowest BCUT2D eigenvalue weighted by Crippen LogP contribution is -2.22. The summed E-state index contributed by atoms with van der Waals surface area (Å²) in [5.41, 5.74) is 15.3. The van der Waals surface area contributed by atoms with Crippen LogP contribution in [0.25, 0.3) is 0 Å². The first-order valence-electron chi connectivity index (χ1n) is 5.66. The van der Waals surface area contributed by atoms with E-state index in [1.54, 1.807) is 0 Å². The normalized spacial score (nSPS) is 19.6. The Kier molecular flexibility index (Phi) is 3.10. The quantitative estimate of drug-likeness (QED) is 0.518. The van der Waals surface area contributed by atoms with Crippen LogP contribution in [0.2, 0.25) is 0 Å². The van der Waals surface area contributed by atoms with Gasteiger partial charge in [-0.05, 0) is 43.0 Å². The summed E-state index contributed by atoms with van der Waals surface area (Å²) in [5.74, 6) is 0.453. The van der Waals surface area contributed by atoms with Crippen LogP contribution in [0, 0.1) is 0 Å². The van der Waals surface area contributed by atoms with Crippen molar-refractivity contribution in [3.63, 3.8) is 0 Å². The van der Waals surface area contributed by atoms with E-state index in [1.165, 1.54) is 11.1 Å². The van der Waals surface area contributed by atoms with Gasteiger partial charge in [-0.2, -0.15) is 0 Å². The van der Waals surface area contributed by atoms with Crippen LogP contribution >= 0.6 is 0 Å². The summed E-state index contributed by atoms with van der Waals surface area (Å²) < 4.78 is 0. The highest BCUT2D eigenvalue weighted by Crippen LogP contribution is 2.31. The number of aryl methyl sites for hydroxylation is 1. The van der Waals surface area contributed by atoms with E-state index in [0.29, 0.717) is 12.5 Å². The first-order chi connectivity index (χ1) is 7.70. The lowest BCUT2D eigenvalue weighted by molar-refractivity contribution is 0.713. The monoisotopic (exact) mass is 218 g/mol. The van der Waals surface area contributed by atoms with Gasteiger partial charge in [-0.25, -0.2) is 0 Å². The van der Waals surface area contributed by atoms with Crippen LogP contribution in [0.1, 0.15) is 30.5 Å². The summed E-state index contributed by atoms with van der Waals surface area (Å²) in [4.78, 5) is 4.08. The highest BCUT2D eigenvalue weighted by molar-refractivity contribution is 5.92. The van der Waals surface area contributed by atoms with E-state index in [-0.39, 0.29) is 6.04 Å². The van der Waals surface area contributed by atoms with Gasteiger partial charge in [0, 0.05) is 18.3 Å². The minimum atomic E-state index is 0.168. The molecule has 0 amide bonds. The van der Waals surface area contributed by atoms with Crippen LogP contribution in [0.3, 0.4) is 0 Å². The van der Waals surface area contributed by atoms with Crippen LogP contribution in [0.15, 0.2) is 23.2 Å². The van der Waals surface area contributed by atoms with Gasteiger partial charge >= 0.3 is 0 Å². The Labute approximate surface area is 95.7 Å². The predicted octanol–water partition coefficient (Wildman–Crippen LogP) is 1.38. The molecule has 0 aliphatic heterocycles. The van der Waals surface area contributed by atoms with Crippen LogP contribution < -0.4 is 16.8 Å². The summed E-state index contributed by atoms with van der Waals surface area (Å²) in [5, 5.41) is 3.07. The zero-order valence-corrected chi connectivity index (χ0v) is 9.53. The van der Waals surface area contributed by atoms with Crippen molar-refractivity contribution in [2.45, 2.75) is 25.8 Å². The van der Waals surface area contributed by atoms with Crippen molar-refractivity contribution in [3.8, 4) is 0 Å². The van der Waals surface area contributed by atoms with Gasteiger partial charge in [-0.1, -0.05) is 6.07 Å². The molecule has 0 bridgehead atoms. The minimum Gasteiger partial charge on any atom is -0.370 e. The molecular formula is C12H18N4. The molecule has 1 atom stereocenters. The van der Waals surface area contributed by atoms with Gasteiger partial charge in [0.25, 0.3) is 0 Å². The van der Waals surface area contributed by atoms with Crippen LogP contribution in [0.4, 0.5) is 5.69 Å². The van der Waals surface area contributed by atoms with Gasteiger partial charge < -0.3 is 16.8 Å². The Morgan fingerprint density at radius 3 is 3.12 bits per heavy atom. The molecule has 0 spiro atoms. The topological polar surface area (TPSA) is 76.4 Å². The first-order valence-corrected chi connectivity index (χ1v) is 5.66. The number of benzene rings is 1. The van der Waals surface area contributed by atoms with E-state index < -0.39 is 0 Å². The number of nitrogens with two attached hydrogens (primary N) is 2. The summed E-state index contributed by atoms with van der Waals surface area (Å²) in [7, 11) is 0. The average molecular weight is 218 g/mol. The van der Waals surface area contributed by atoms with Crippen molar-refractivity contribution in [1.82, 2.24) is 0 Å². The largest absolute Gasteiger partial charge is 0.370 e. The highest BCUT2D eigenvalue weighted by Gasteiger charge is 2.18. The van der Waals surface area contributed by atoms with Crippen molar-refractivity contribution < 1.29 is 0 Å². The Bertz CT molecular complexity index is 411. The van der Waals surface area contributed by atoms with Crippen molar-refractivity contribution in [1.29, 1.82) is 0 Å². The Hall–Kier alpha value is -1.55. The molecule has 5 N–H and O–H groups in total. The zero-order valence-electron chi connectivity index (χ0n) is 9.53. The molecule has 0 heterocycles. The molecule has 1 aliphatic carbocycles. The number of guanidine groups is 1. The summed E-state index contributed by atoms with van der Waals surface area (Å²) in [6.45, 7) is 2.64. The summed E-state index contributed by atoms with van der Waals surface area (Å²) in [6.07, 6.45) is 2.12. The minimum absolute atomic E-state index is 0.168.